The molecular formula is C9H15N3O3. The zero-order valence-electron chi connectivity index (χ0n) is 9.14. The van der Waals surface area contributed by atoms with E-state index < -0.39 is 0 Å². The second-order valence-electron chi connectivity index (χ2n) is 3.34. The monoisotopic (exact) mass is 213 g/mol. The number of hydrogen-bond donors (Lipinski definition) is 0. The second-order valence-corrected chi connectivity index (χ2v) is 3.34. The highest BCUT2D eigenvalue weighted by atomic mass is 16.6. The van der Waals surface area contributed by atoms with E-state index >= 15 is 0 Å². The Kier molecular flexibility index (Phi) is 3.54. The summed E-state index contributed by atoms with van der Waals surface area (Å²) in [7, 11) is 5.17. The maximum absolute atomic E-state index is 10.7. The van der Waals surface area contributed by atoms with Crippen LogP contribution in [0.4, 0.5) is 4.79 Å². The predicted octanol–water partition coefficient (Wildman–Crippen LogP) is -0.208. The Morgan fingerprint density at radius 3 is 1.80 bits per heavy atom. The van der Waals surface area contributed by atoms with Crippen LogP contribution in [0, 0.1) is 0 Å². The fourth-order valence-electron chi connectivity index (χ4n) is 1.05. The highest BCUT2D eigenvalue weighted by Gasteiger charge is 2.15. The molecular weight excluding hydrogens is 198 g/mol. The van der Waals surface area contributed by atoms with Crippen molar-refractivity contribution in [1.29, 1.82) is 0 Å². The molecule has 0 radical (unpaired) electrons. The lowest BCUT2D eigenvalue weighted by Gasteiger charge is -1.98. The molecule has 1 saturated heterocycles. The third kappa shape index (κ3) is 2.87. The molecule has 6 heteroatoms. The molecule has 0 aliphatic carbocycles. The molecule has 0 atom stereocenters. The molecule has 0 unspecified atom stereocenters. The minimum Gasteiger partial charge on any atom is -0.448 e. The van der Waals surface area contributed by atoms with E-state index in [0.717, 1.165) is 6.54 Å². The van der Waals surface area contributed by atoms with E-state index in [1.165, 1.54) is 9.13 Å². The molecule has 1 aliphatic heterocycles. The maximum Gasteiger partial charge on any atom is 0.409 e. The molecule has 0 aromatic carbocycles. The average molecular weight is 213 g/mol. The van der Waals surface area contributed by atoms with Crippen molar-refractivity contribution < 1.29 is 9.53 Å². The number of aryl methyl sites for hydroxylation is 2. The van der Waals surface area contributed by atoms with Crippen molar-refractivity contribution in [3.63, 3.8) is 0 Å². The maximum atomic E-state index is 10.7. The molecule has 0 saturated carbocycles. The van der Waals surface area contributed by atoms with E-state index in [-0.39, 0.29) is 11.8 Å². The van der Waals surface area contributed by atoms with E-state index in [4.69, 9.17) is 0 Å². The van der Waals surface area contributed by atoms with E-state index in [0.29, 0.717) is 6.61 Å². The molecule has 6 nitrogen and oxygen atoms in total. The van der Waals surface area contributed by atoms with Gasteiger partial charge in [-0.25, -0.2) is 9.59 Å². The standard InChI is InChI=1S/C5H8N2O.C4H7NO2/c1-6-3-4-7(2)5(6)8;1-5-2-3-7-4(5)6/h3-4H,1-2H3;2-3H2,1H3. The lowest BCUT2D eigenvalue weighted by molar-refractivity contribution is 0.163. The van der Waals surface area contributed by atoms with Crippen molar-refractivity contribution in [1.82, 2.24) is 14.0 Å². The zero-order chi connectivity index (χ0) is 11.4. The van der Waals surface area contributed by atoms with Gasteiger partial charge in [0.1, 0.15) is 6.61 Å². The van der Waals surface area contributed by atoms with E-state index in [2.05, 4.69) is 4.74 Å². The second kappa shape index (κ2) is 4.68. The first-order chi connectivity index (χ1) is 7.02. The topological polar surface area (TPSA) is 56.5 Å². The summed E-state index contributed by atoms with van der Waals surface area (Å²) in [6.45, 7) is 1.29. The van der Waals surface area contributed by atoms with Gasteiger partial charge in [-0.3, -0.25) is 0 Å². The van der Waals surface area contributed by atoms with Gasteiger partial charge in [-0.2, -0.15) is 0 Å². The van der Waals surface area contributed by atoms with Gasteiger partial charge in [0.05, 0.1) is 6.54 Å². The number of cyclic esters (lactones) is 1. The van der Waals surface area contributed by atoms with Crippen LogP contribution in [0.5, 0.6) is 0 Å². The molecule has 0 bridgehead atoms. The molecule has 0 spiro atoms. The SMILES string of the molecule is CN1CCOC1=O.Cn1ccn(C)c1=O. The summed E-state index contributed by atoms with van der Waals surface area (Å²) in [5.74, 6) is 0. The van der Waals surface area contributed by atoms with Crippen LogP contribution >= 0.6 is 0 Å². The summed E-state index contributed by atoms with van der Waals surface area (Å²) in [6, 6.07) is 0. The lowest BCUT2D eigenvalue weighted by atomic mass is 10.7. The highest BCUT2D eigenvalue weighted by molar-refractivity contribution is 5.68. The van der Waals surface area contributed by atoms with Gasteiger partial charge >= 0.3 is 11.8 Å². The summed E-state index contributed by atoms with van der Waals surface area (Å²) < 4.78 is 7.61. The summed E-state index contributed by atoms with van der Waals surface area (Å²) in [5.41, 5.74) is 0.0185. The summed E-state index contributed by atoms with van der Waals surface area (Å²) in [5, 5.41) is 0. The molecule has 1 aliphatic rings. The number of likely N-dealkylation sites (N-methyl/N-ethyl adjacent to an activating group) is 1. The number of nitrogens with zero attached hydrogens (tertiary/aromatic N) is 3. The number of rotatable bonds is 0. The largest absolute Gasteiger partial charge is 0.448 e. The minimum atomic E-state index is -0.208. The van der Waals surface area contributed by atoms with Gasteiger partial charge in [0.15, 0.2) is 0 Å². The van der Waals surface area contributed by atoms with Crippen molar-refractivity contribution in [2.75, 3.05) is 20.2 Å². The first kappa shape index (κ1) is 11.4. The van der Waals surface area contributed by atoms with Crippen LogP contribution in [0.2, 0.25) is 0 Å². The average Bonchev–Trinajstić information content (AvgIpc) is 2.70. The van der Waals surface area contributed by atoms with E-state index in [1.54, 1.807) is 38.4 Å². The number of hydrogen-bond acceptors (Lipinski definition) is 3. The minimum absolute atomic E-state index is 0.0185. The third-order valence-corrected chi connectivity index (χ3v) is 2.08. The van der Waals surface area contributed by atoms with Crippen molar-refractivity contribution in [3.05, 3.63) is 22.9 Å². The highest BCUT2D eigenvalue weighted by Crippen LogP contribution is 1.96. The Balaban J connectivity index is 0.000000151. The fraction of sp³-hybridized carbons (Fsp3) is 0.556. The molecule has 2 heterocycles. The van der Waals surface area contributed by atoms with Crippen molar-refractivity contribution in [3.8, 4) is 0 Å². The number of aromatic nitrogens is 2. The van der Waals surface area contributed by atoms with Crippen LogP contribution in [-0.4, -0.2) is 40.3 Å². The number of carbonyl (C=O) groups excluding carboxylic acids is 1. The van der Waals surface area contributed by atoms with Crippen LogP contribution in [-0.2, 0) is 18.8 Å². The molecule has 1 aromatic rings. The quantitative estimate of drug-likeness (QED) is 0.599. The Morgan fingerprint density at radius 2 is 1.67 bits per heavy atom. The van der Waals surface area contributed by atoms with Gasteiger partial charge in [0, 0.05) is 33.5 Å². The summed E-state index contributed by atoms with van der Waals surface area (Å²) in [4.78, 5) is 22.5. The number of amides is 1. The number of carbonyl (C=O) groups is 1. The Bertz CT molecular complexity index is 371. The van der Waals surface area contributed by atoms with E-state index in [1.807, 2.05) is 0 Å². The van der Waals surface area contributed by atoms with Gasteiger partial charge in [-0.05, 0) is 0 Å². The van der Waals surface area contributed by atoms with Crippen LogP contribution in [0.15, 0.2) is 17.2 Å². The van der Waals surface area contributed by atoms with Gasteiger partial charge in [0.2, 0.25) is 0 Å². The van der Waals surface area contributed by atoms with Gasteiger partial charge in [0.25, 0.3) is 0 Å². The molecule has 1 amide bonds. The molecule has 84 valence electrons. The molecule has 1 aromatic heterocycles. The van der Waals surface area contributed by atoms with Gasteiger partial charge < -0.3 is 18.8 Å². The molecule has 0 N–H and O–H groups in total. The van der Waals surface area contributed by atoms with Crippen molar-refractivity contribution in [2.45, 2.75) is 0 Å². The zero-order valence-corrected chi connectivity index (χ0v) is 9.14. The smallest absolute Gasteiger partial charge is 0.409 e. The van der Waals surface area contributed by atoms with E-state index in [9.17, 15) is 9.59 Å². The summed E-state index contributed by atoms with van der Waals surface area (Å²) in [6.07, 6.45) is 3.24. The van der Waals surface area contributed by atoms with Crippen molar-refractivity contribution >= 4 is 6.09 Å². The first-order valence-corrected chi connectivity index (χ1v) is 4.58. The van der Waals surface area contributed by atoms with Crippen LogP contribution in [0.25, 0.3) is 0 Å². The van der Waals surface area contributed by atoms with Crippen LogP contribution < -0.4 is 5.69 Å². The van der Waals surface area contributed by atoms with Crippen molar-refractivity contribution in [2.24, 2.45) is 14.1 Å². The lowest BCUT2D eigenvalue weighted by Crippen LogP contribution is -2.18. The molecule has 15 heavy (non-hydrogen) atoms. The Morgan fingerprint density at radius 1 is 1.13 bits per heavy atom. The summed E-state index contributed by atoms with van der Waals surface area (Å²) >= 11 is 0. The van der Waals surface area contributed by atoms with Gasteiger partial charge in [-0.1, -0.05) is 0 Å². The normalized spacial score (nSPS) is 14.6. The first-order valence-electron chi connectivity index (χ1n) is 4.58. The number of imidazole rings is 1. The van der Waals surface area contributed by atoms with Crippen LogP contribution in [0.1, 0.15) is 0 Å². The van der Waals surface area contributed by atoms with Gasteiger partial charge in [-0.15, -0.1) is 0 Å². The molecule has 1 fully saturated rings. The Labute approximate surface area is 87.7 Å². The Hall–Kier alpha value is -1.72. The van der Waals surface area contributed by atoms with Crippen LogP contribution in [0.3, 0.4) is 0 Å². The number of ether oxygens (including phenoxy) is 1. The molecule has 2 rings (SSSR count). The predicted molar refractivity (Wildman–Crippen MR) is 54.6 cm³/mol. The fourth-order valence-corrected chi connectivity index (χ4v) is 1.05. The third-order valence-electron chi connectivity index (χ3n) is 2.08.